The van der Waals surface area contributed by atoms with E-state index in [0.29, 0.717) is 12.0 Å². The van der Waals surface area contributed by atoms with E-state index in [0.717, 1.165) is 6.54 Å². The van der Waals surface area contributed by atoms with Gasteiger partial charge < -0.3 is 5.32 Å². The molecule has 1 unspecified atom stereocenters. The molecule has 0 aliphatic carbocycles. The average molecular weight is 195 g/mol. The van der Waals surface area contributed by atoms with Crippen molar-refractivity contribution in [1.29, 1.82) is 0 Å². The molecule has 1 aromatic rings. The largest absolute Gasteiger partial charge is 0.313 e. The van der Waals surface area contributed by atoms with Crippen molar-refractivity contribution < 1.29 is 0 Å². The van der Waals surface area contributed by atoms with E-state index < -0.39 is 0 Å². The van der Waals surface area contributed by atoms with Crippen molar-refractivity contribution in [1.82, 2.24) is 15.1 Å². The second-order valence-corrected chi connectivity index (χ2v) is 4.27. The van der Waals surface area contributed by atoms with Gasteiger partial charge in [-0.1, -0.05) is 13.8 Å². The van der Waals surface area contributed by atoms with Crippen LogP contribution >= 0.6 is 0 Å². The Hall–Kier alpha value is -0.830. The maximum Gasteiger partial charge on any atom is 0.0540 e. The average Bonchev–Trinajstić information content (AvgIpc) is 2.46. The third kappa shape index (κ3) is 2.35. The molecule has 14 heavy (non-hydrogen) atoms. The maximum absolute atomic E-state index is 4.40. The summed E-state index contributed by atoms with van der Waals surface area (Å²) in [5.74, 6) is 0.645. The highest BCUT2D eigenvalue weighted by molar-refractivity contribution is 5.19. The van der Waals surface area contributed by atoms with Gasteiger partial charge in [-0.15, -0.1) is 0 Å². The Balaban J connectivity index is 2.85. The van der Waals surface area contributed by atoms with Crippen molar-refractivity contribution >= 4 is 0 Å². The van der Waals surface area contributed by atoms with E-state index in [1.807, 2.05) is 13.2 Å². The molecular weight excluding hydrogens is 174 g/mol. The van der Waals surface area contributed by atoms with Crippen molar-refractivity contribution in [3.63, 3.8) is 0 Å². The van der Waals surface area contributed by atoms with Gasteiger partial charge in [-0.25, -0.2) is 0 Å². The lowest BCUT2D eigenvalue weighted by Crippen LogP contribution is -2.14. The quantitative estimate of drug-likeness (QED) is 0.797. The highest BCUT2D eigenvalue weighted by Crippen LogP contribution is 2.16. The first-order valence-electron chi connectivity index (χ1n) is 5.25. The highest BCUT2D eigenvalue weighted by atomic mass is 15.3. The predicted octanol–water partition coefficient (Wildman–Crippen LogP) is 2.13. The van der Waals surface area contributed by atoms with Gasteiger partial charge in [-0.2, -0.15) is 5.10 Å². The molecule has 3 heteroatoms. The summed E-state index contributed by atoms with van der Waals surface area (Å²) in [6, 6.07) is 0.385. The maximum atomic E-state index is 4.40. The van der Waals surface area contributed by atoms with Gasteiger partial charge in [-0.05, 0) is 26.8 Å². The summed E-state index contributed by atoms with van der Waals surface area (Å²) in [6.45, 7) is 9.72. The highest BCUT2D eigenvalue weighted by Gasteiger charge is 2.11. The van der Waals surface area contributed by atoms with Crippen LogP contribution in [0.4, 0.5) is 0 Å². The SMILES string of the molecule is CNC(C)c1cnn(CC(C)C)c1C. The standard InChI is InChI=1S/C11H21N3/c1-8(2)7-14-10(4)11(6-13-14)9(3)12-5/h6,8-9,12H,7H2,1-5H3. The monoisotopic (exact) mass is 195 g/mol. The van der Waals surface area contributed by atoms with E-state index in [4.69, 9.17) is 0 Å². The first kappa shape index (κ1) is 11.2. The van der Waals surface area contributed by atoms with Crippen molar-refractivity contribution in [2.45, 2.75) is 40.3 Å². The molecule has 0 bridgehead atoms. The number of rotatable bonds is 4. The minimum Gasteiger partial charge on any atom is -0.313 e. The van der Waals surface area contributed by atoms with Crippen LogP contribution in [-0.4, -0.2) is 16.8 Å². The van der Waals surface area contributed by atoms with Crippen LogP contribution < -0.4 is 5.32 Å². The summed E-state index contributed by atoms with van der Waals surface area (Å²) >= 11 is 0. The topological polar surface area (TPSA) is 29.9 Å². The zero-order valence-electron chi connectivity index (χ0n) is 9.83. The first-order valence-corrected chi connectivity index (χ1v) is 5.25. The molecule has 0 saturated carbocycles. The fourth-order valence-corrected chi connectivity index (χ4v) is 1.57. The van der Waals surface area contributed by atoms with Gasteiger partial charge in [0.25, 0.3) is 0 Å². The summed E-state index contributed by atoms with van der Waals surface area (Å²) in [5.41, 5.74) is 2.58. The Morgan fingerprint density at radius 1 is 1.43 bits per heavy atom. The zero-order chi connectivity index (χ0) is 10.7. The van der Waals surface area contributed by atoms with Crippen LogP contribution in [0, 0.1) is 12.8 Å². The summed E-state index contributed by atoms with van der Waals surface area (Å²) in [5, 5.41) is 7.64. The Morgan fingerprint density at radius 2 is 2.07 bits per heavy atom. The molecule has 0 radical (unpaired) electrons. The molecule has 1 heterocycles. The van der Waals surface area contributed by atoms with Crippen molar-refractivity contribution in [2.24, 2.45) is 5.92 Å². The van der Waals surface area contributed by atoms with Gasteiger partial charge in [0.05, 0.1) is 6.20 Å². The van der Waals surface area contributed by atoms with Gasteiger partial charge in [0, 0.05) is 23.8 Å². The smallest absolute Gasteiger partial charge is 0.0540 e. The van der Waals surface area contributed by atoms with Crippen LogP contribution in [0.5, 0.6) is 0 Å². The van der Waals surface area contributed by atoms with Crippen molar-refractivity contribution in [3.05, 3.63) is 17.5 Å². The molecule has 0 amide bonds. The molecule has 1 N–H and O–H groups in total. The third-order valence-corrected chi connectivity index (χ3v) is 2.58. The number of hydrogen-bond donors (Lipinski definition) is 1. The first-order chi connectivity index (χ1) is 6.56. The molecule has 0 fully saturated rings. The molecule has 1 aromatic heterocycles. The summed E-state index contributed by atoms with van der Waals surface area (Å²) < 4.78 is 2.09. The van der Waals surface area contributed by atoms with Crippen LogP contribution in [0.3, 0.4) is 0 Å². The lowest BCUT2D eigenvalue weighted by molar-refractivity contribution is 0.473. The van der Waals surface area contributed by atoms with Gasteiger partial charge in [0.2, 0.25) is 0 Å². The van der Waals surface area contributed by atoms with Gasteiger partial charge in [0.15, 0.2) is 0 Å². The molecule has 0 aromatic carbocycles. The number of nitrogens with one attached hydrogen (secondary N) is 1. The Morgan fingerprint density at radius 3 is 2.57 bits per heavy atom. The summed E-state index contributed by atoms with van der Waals surface area (Å²) in [6.07, 6.45) is 1.97. The summed E-state index contributed by atoms with van der Waals surface area (Å²) in [4.78, 5) is 0. The van der Waals surface area contributed by atoms with E-state index in [2.05, 4.69) is 42.8 Å². The number of nitrogens with zero attached hydrogens (tertiary/aromatic N) is 2. The van der Waals surface area contributed by atoms with Crippen molar-refractivity contribution in [2.75, 3.05) is 7.05 Å². The minimum atomic E-state index is 0.385. The fraction of sp³-hybridized carbons (Fsp3) is 0.727. The Bertz CT molecular complexity index is 289. The van der Waals surface area contributed by atoms with E-state index in [-0.39, 0.29) is 0 Å². The molecule has 0 saturated heterocycles. The molecule has 80 valence electrons. The van der Waals surface area contributed by atoms with Crippen LogP contribution in [-0.2, 0) is 6.54 Å². The molecule has 1 atom stereocenters. The van der Waals surface area contributed by atoms with Crippen LogP contribution in [0.2, 0.25) is 0 Å². The van der Waals surface area contributed by atoms with Crippen molar-refractivity contribution in [3.8, 4) is 0 Å². The minimum absolute atomic E-state index is 0.385. The Kier molecular flexibility index (Phi) is 3.69. The summed E-state index contributed by atoms with van der Waals surface area (Å²) in [7, 11) is 1.98. The van der Waals surface area contributed by atoms with E-state index in [1.54, 1.807) is 0 Å². The third-order valence-electron chi connectivity index (χ3n) is 2.58. The second-order valence-electron chi connectivity index (χ2n) is 4.27. The molecule has 3 nitrogen and oxygen atoms in total. The van der Waals surface area contributed by atoms with Crippen LogP contribution in [0.25, 0.3) is 0 Å². The van der Waals surface area contributed by atoms with Crippen LogP contribution in [0.1, 0.15) is 38.1 Å². The lowest BCUT2D eigenvalue weighted by Gasteiger charge is -2.11. The number of aromatic nitrogens is 2. The molecular formula is C11H21N3. The molecule has 0 aliphatic heterocycles. The van der Waals surface area contributed by atoms with Crippen LogP contribution in [0.15, 0.2) is 6.20 Å². The molecule has 0 spiro atoms. The molecule has 1 rings (SSSR count). The van der Waals surface area contributed by atoms with E-state index in [1.165, 1.54) is 11.3 Å². The lowest BCUT2D eigenvalue weighted by atomic mass is 10.1. The Labute approximate surface area is 86.5 Å². The normalized spacial score (nSPS) is 13.6. The van der Waals surface area contributed by atoms with Gasteiger partial charge in [-0.3, -0.25) is 4.68 Å². The number of hydrogen-bond acceptors (Lipinski definition) is 2. The van der Waals surface area contributed by atoms with Gasteiger partial charge >= 0.3 is 0 Å². The van der Waals surface area contributed by atoms with E-state index in [9.17, 15) is 0 Å². The van der Waals surface area contributed by atoms with E-state index >= 15 is 0 Å². The fourth-order valence-electron chi connectivity index (χ4n) is 1.57. The molecule has 0 aliphatic rings. The predicted molar refractivity (Wildman–Crippen MR) is 59.3 cm³/mol. The second kappa shape index (κ2) is 4.60. The zero-order valence-corrected chi connectivity index (χ0v) is 9.83. The van der Waals surface area contributed by atoms with Gasteiger partial charge in [0.1, 0.15) is 0 Å².